The summed E-state index contributed by atoms with van der Waals surface area (Å²) in [6.45, 7) is 10.8. The first kappa shape index (κ1) is 17.4. The summed E-state index contributed by atoms with van der Waals surface area (Å²) in [5.74, 6) is 4.33. The molecule has 0 heterocycles. The maximum atomic E-state index is 2.75. The molecule has 4 aliphatic carbocycles. The fraction of sp³-hybridized carbons (Fsp3) is 1.00. The van der Waals surface area contributed by atoms with Gasteiger partial charge in [0.1, 0.15) is 0 Å². The maximum absolute atomic E-state index is 2.75. The first-order valence-corrected chi connectivity index (χ1v) is 11.4. The molecule has 0 aromatic heterocycles. The molecule has 5 atom stereocenters. The van der Waals surface area contributed by atoms with Crippen LogP contribution in [0.2, 0.25) is 0 Å². The Bertz CT molecular complexity index is 455. The van der Waals surface area contributed by atoms with Crippen molar-refractivity contribution in [2.24, 2.45) is 39.9 Å². The molecule has 0 bridgehead atoms. The lowest BCUT2D eigenvalue weighted by molar-refractivity contribution is -0.125. The van der Waals surface area contributed by atoms with E-state index >= 15 is 0 Å². The van der Waals surface area contributed by atoms with Crippen molar-refractivity contribution in [3.63, 3.8) is 0 Å². The first-order chi connectivity index (χ1) is 11.4. The normalized spacial score (nSPS) is 45.5. The summed E-state index contributed by atoms with van der Waals surface area (Å²) in [6, 6.07) is 0. The molecule has 0 nitrogen and oxygen atoms in total. The van der Waals surface area contributed by atoms with Gasteiger partial charge in [0.15, 0.2) is 0 Å². The Morgan fingerprint density at radius 1 is 0.708 bits per heavy atom. The molecule has 0 aliphatic heterocycles. The van der Waals surface area contributed by atoms with Crippen molar-refractivity contribution in [3.05, 3.63) is 0 Å². The molecule has 0 saturated heterocycles. The smallest absolute Gasteiger partial charge is 0.0238 e. The van der Waals surface area contributed by atoms with Crippen LogP contribution in [0.3, 0.4) is 0 Å². The van der Waals surface area contributed by atoms with E-state index in [0.29, 0.717) is 16.2 Å². The Labute approximate surface area is 151 Å². The Balaban J connectivity index is 1.65. The van der Waals surface area contributed by atoms with Crippen molar-refractivity contribution < 1.29 is 0 Å². The molecule has 4 saturated carbocycles. The van der Waals surface area contributed by atoms with E-state index in [-0.39, 0.29) is 0 Å². The Morgan fingerprint density at radius 2 is 1.38 bits per heavy atom. The Morgan fingerprint density at radius 3 is 2.12 bits per heavy atom. The second-order valence-electron chi connectivity index (χ2n) is 11.3. The quantitative estimate of drug-likeness (QED) is 0.488. The topological polar surface area (TPSA) is 0 Å². The van der Waals surface area contributed by atoms with Crippen LogP contribution in [0, 0.1) is 39.9 Å². The predicted octanol–water partition coefficient (Wildman–Crippen LogP) is 7.62. The molecular weight excluding hydrogens is 288 g/mol. The molecule has 0 heteroatoms. The van der Waals surface area contributed by atoms with Crippen LogP contribution in [0.15, 0.2) is 0 Å². The molecule has 0 radical (unpaired) electrons. The second kappa shape index (κ2) is 6.02. The lowest BCUT2D eigenvalue weighted by atomic mass is 9.43. The fourth-order valence-electron chi connectivity index (χ4n) is 8.35. The molecule has 138 valence electrons. The molecule has 4 rings (SSSR count). The highest BCUT2D eigenvalue weighted by molar-refractivity contribution is 5.10. The zero-order valence-electron chi connectivity index (χ0n) is 17.0. The van der Waals surface area contributed by atoms with Gasteiger partial charge in [-0.1, -0.05) is 72.6 Å². The van der Waals surface area contributed by atoms with Gasteiger partial charge in [0.2, 0.25) is 0 Å². The van der Waals surface area contributed by atoms with E-state index in [0.717, 1.165) is 23.7 Å². The van der Waals surface area contributed by atoms with Gasteiger partial charge in [0.25, 0.3) is 0 Å². The van der Waals surface area contributed by atoms with Gasteiger partial charge < -0.3 is 0 Å². The molecule has 0 N–H and O–H groups in total. The third-order valence-electron chi connectivity index (χ3n) is 10.5. The molecular formula is C24H42. The van der Waals surface area contributed by atoms with Gasteiger partial charge in [0.05, 0.1) is 0 Å². The van der Waals surface area contributed by atoms with Crippen molar-refractivity contribution in [1.29, 1.82) is 0 Å². The molecule has 4 aliphatic rings. The molecule has 4 fully saturated rings. The predicted molar refractivity (Wildman–Crippen MR) is 104 cm³/mol. The molecule has 0 aromatic carbocycles. The molecule has 5 unspecified atom stereocenters. The van der Waals surface area contributed by atoms with E-state index in [2.05, 4.69) is 27.7 Å². The summed E-state index contributed by atoms with van der Waals surface area (Å²) in [5.41, 5.74) is 1.66. The fourth-order valence-corrected chi connectivity index (χ4v) is 8.35. The van der Waals surface area contributed by atoms with Gasteiger partial charge in [0, 0.05) is 0 Å². The van der Waals surface area contributed by atoms with Gasteiger partial charge in [-0.3, -0.25) is 0 Å². The van der Waals surface area contributed by atoms with Crippen LogP contribution in [0.5, 0.6) is 0 Å². The van der Waals surface area contributed by atoms with Crippen molar-refractivity contribution in [2.75, 3.05) is 0 Å². The van der Waals surface area contributed by atoms with Crippen LogP contribution in [-0.4, -0.2) is 0 Å². The summed E-state index contributed by atoms with van der Waals surface area (Å²) < 4.78 is 0. The van der Waals surface area contributed by atoms with E-state index in [1.807, 2.05) is 0 Å². The van der Waals surface area contributed by atoms with Crippen LogP contribution in [0.1, 0.15) is 111 Å². The molecule has 24 heavy (non-hydrogen) atoms. The minimum Gasteiger partial charge on any atom is -0.0591 e. The minimum atomic E-state index is 0.497. The average molecular weight is 331 g/mol. The molecule has 0 aromatic rings. The maximum Gasteiger partial charge on any atom is -0.0238 e. The van der Waals surface area contributed by atoms with E-state index in [1.165, 1.54) is 57.8 Å². The van der Waals surface area contributed by atoms with Gasteiger partial charge in [-0.05, 0) is 78.4 Å². The van der Waals surface area contributed by atoms with E-state index in [9.17, 15) is 0 Å². The highest BCUT2D eigenvalue weighted by Gasteiger charge is 2.61. The average Bonchev–Trinajstić information content (AvgIpc) is 2.96. The van der Waals surface area contributed by atoms with Gasteiger partial charge in [-0.2, -0.15) is 0 Å². The van der Waals surface area contributed by atoms with Crippen molar-refractivity contribution in [1.82, 2.24) is 0 Å². The first-order valence-electron chi connectivity index (χ1n) is 11.4. The Kier molecular flexibility index (Phi) is 4.37. The number of hydrogen-bond acceptors (Lipinski definition) is 0. The van der Waals surface area contributed by atoms with Crippen molar-refractivity contribution in [3.8, 4) is 0 Å². The third kappa shape index (κ3) is 2.37. The highest BCUT2D eigenvalue weighted by atomic mass is 14.7. The molecule has 0 amide bonds. The van der Waals surface area contributed by atoms with Crippen molar-refractivity contribution >= 4 is 0 Å². The van der Waals surface area contributed by atoms with Crippen LogP contribution >= 0.6 is 0 Å². The van der Waals surface area contributed by atoms with Gasteiger partial charge >= 0.3 is 0 Å². The summed E-state index contributed by atoms with van der Waals surface area (Å²) in [7, 11) is 0. The standard InChI is InChI=1S/C24H42/c1-22(2,23(3)14-8-5-9-15-23)24(4)16-10-13-20-19-12-7-6-11-18(19)17-21(20)24/h18-21H,5-17H2,1-4H3. The van der Waals surface area contributed by atoms with Crippen LogP contribution in [0.25, 0.3) is 0 Å². The highest BCUT2D eigenvalue weighted by Crippen LogP contribution is 2.69. The monoisotopic (exact) mass is 330 g/mol. The zero-order chi connectivity index (χ0) is 17.0. The summed E-state index contributed by atoms with van der Waals surface area (Å²) in [5, 5.41) is 0. The number of rotatable bonds is 2. The summed E-state index contributed by atoms with van der Waals surface area (Å²) in [4.78, 5) is 0. The summed E-state index contributed by atoms with van der Waals surface area (Å²) in [6.07, 6.45) is 19.8. The van der Waals surface area contributed by atoms with Gasteiger partial charge in [-0.15, -0.1) is 0 Å². The molecule has 0 spiro atoms. The van der Waals surface area contributed by atoms with Crippen LogP contribution in [0.4, 0.5) is 0 Å². The van der Waals surface area contributed by atoms with Crippen LogP contribution < -0.4 is 0 Å². The van der Waals surface area contributed by atoms with E-state index in [1.54, 1.807) is 25.7 Å². The Hall–Kier alpha value is 0. The lowest BCUT2D eigenvalue weighted by Gasteiger charge is -2.61. The minimum absolute atomic E-state index is 0.497. The second-order valence-corrected chi connectivity index (χ2v) is 11.3. The van der Waals surface area contributed by atoms with E-state index < -0.39 is 0 Å². The zero-order valence-corrected chi connectivity index (χ0v) is 17.0. The van der Waals surface area contributed by atoms with Gasteiger partial charge in [-0.25, -0.2) is 0 Å². The third-order valence-corrected chi connectivity index (χ3v) is 10.5. The SMILES string of the molecule is CC1(C(C)(C)C2(C)CCCC3C4CCCCC4CC32)CCCCC1. The lowest BCUT2D eigenvalue weighted by Crippen LogP contribution is -2.54. The number of hydrogen-bond donors (Lipinski definition) is 0. The van der Waals surface area contributed by atoms with Crippen LogP contribution in [-0.2, 0) is 0 Å². The largest absolute Gasteiger partial charge is 0.0591 e. The summed E-state index contributed by atoms with van der Waals surface area (Å²) >= 11 is 0. The van der Waals surface area contributed by atoms with Crippen molar-refractivity contribution in [2.45, 2.75) is 111 Å². The number of fused-ring (bicyclic) bond motifs is 3. The van der Waals surface area contributed by atoms with E-state index in [4.69, 9.17) is 0 Å².